The molecule has 22 heavy (non-hydrogen) atoms. The van der Waals surface area contributed by atoms with E-state index in [0.717, 1.165) is 36.8 Å². The molecule has 0 spiro atoms. The van der Waals surface area contributed by atoms with E-state index in [9.17, 15) is 0 Å². The highest BCUT2D eigenvalue weighted by Crippen LogP contribution is 2.38. The Morgan fingerprint density at radius 1 is 1.14 bits per heavy atom. The van der Waals surface area contributed by atoms with Crippen LogP contribution in [0.3, 0.4) is 0 Å². The Kier molecular flexibility index (Phi) is 11.7. The molecule has 4 atom stereocenters. The minimum Gasteiger partial charge on any atom is -0.389 e. The zero-order valence-corrected chi connectivity index (χ0v) is 16.4. The van der Waals surface area contributed by atoms with E-state index in [2.05, 4.69) is 51.7 Å². The van der Waals surface area contributed by atoms with Crippen molar-refractivity contribution in [2.24, 2.45) is 17.8 Å². The average Bonchev–Trinajstić information content (AvgIpc) is 2.49. The molecule has 2 heteroatoms. The Morgan fingerprint density at radius 3 is 2.32 bits per heavy atom. The molecular weight excluding hydrogens is 268 g/mol. The summed E-state index contributed by atoms with van der Waals surface area (Å²) in [5, 5.41) is 3.42. The highest BCUT2D eigenvalue weighted by Gasteiger charge is 2.34. The Bertz CT molecular complexity index is 285. The molecule has 1 aliphatic carbocycles. The standard InChI is InChI=1S/C18H36N2.C2H6/c1-7-16(4)19-11-9-8-10-17-15(3)12-14(2)13-18(17)20(5)6;1-2/h14-15,17-19H,4,7-13H2,1-3,5-6H3;1-2H3/t14-,15?,17?,18-;/m0./s1. The maximum Gasteiger partial charge on any atom is 0.0143 e. The number of hydrogen-bond donors (Lipinski definition) is 1. The molecule has 0 aromatic heterocycles. The van der Waals surface area contributed by atoms with Gasteiger partial charge in [-0.05, 0) is 64.0 Å². The van der Waals surface area contributed by atoms with Crippen LogP contribution in [0.2, 0.25) is 0 Å². The molecular formula is C20H42N2. The molecule has 0 aromatic rings. The lowest BCUT2D eigenvalue weighted by atomic mass is 9.70. The number of allylic oxidation sites excluding steroid dienone is 1. The van der Waals surface area contributed by atoms with Gasteiger partial charge in [0, 0.05) is 18.3 Å². The minimum atomic E-state index is 0.785. The quantitative estimate of drug-likeness (QED) is 0.611. The van der Waals surface area contributed by atoms with Crippen molar-refractivity contribution in [1.82, 2.24) is 10.2 Å². The van der Waals surface area contributed by atoms with Gasteiger partial charge in [-0.25, -0.2) is 0 Å². The highest BCUT2D eigenvalue weighted by molar-refractivity contribution is 4.89. The van der Waals surface area contributed by atoms with Crippen molar-refractivity contribution in [2.75, 3.05) is 20.6 Å². The molecule has 1 N–H and O–H groups in total. The van der Waals surface area contributed by atoms with E-state index >= 15 is 0 Å². The van der Waals surface area contributed by atoms with Crippen molar-refractivity contribution < 1.29 is 0 Å². The van der Waals surface area contributed by atoms with Crippen LogP contribution < -0.4 is 5.32 Å². The largest absolute Gasteiger partial charge is 0.389 e. The van der Waals surface area contributed by atoms with Crippen LogP contribution in [0.1, 0.15) is 73.1 Å². The number of hydrogen-bond acceptors (Lipinski definition) is 2. The van der Waals surface area contributed by atoms with Crippen LogP contribution in [0.5, 0.6) is 0 Å². The van der Waals surface area contributed by atoms with E-state index in [-0.39, 0.29) is 0 Å². The molecule has 1 fully saturated rings. The normalized spacial score (nSPS) is 28.0. The maximum absolute atomic E-state index is 4.00. The molecule has 0 aliphatic heterocycles. The summed E-state index contributed by atoms with van der Waals surface area (Å²) in [6.07, 6.45) is 7.85. The Balaban J connectivity index is 0.00000211. The molecule has 0 bridgehead atoms. The van der Waals surface area contributed by atoms with Crippen molar-refractivity contribution in [2.45, 2.75) is 79.2 Å². The van der Waals surface area contributed by atoms with Crippen LogP contribution in [0.15, 0.2) is 12.3 Å². The third kappa shape index (κ3) is 7.67. The Morgan fingerprint density at radius 2 is 1.77 bits per heavy atom. The van der Waals surface area contributed by atoms with Gasteiger partial charge in [0.1, 0.15) is 0 Å². The first-order chi connectivity index (χ1) is 10.5. The summed E-state index contributed by atoms with van der Waals surface area (Å²) in [5.74, 6) is 2.66. The number of nitrogens with zero attached hydrogens (tertiary/aromatic N) is 1. The summed E-state index contributed by atoms with van der Waals surface area (Å²) in [6, 6.07) is 0.785. The maximum atomic E-state index is 4.00. The van der Waals surface area contributed by atoms with Crippen LogP contribution in [0.4, 0.5) is 0 Å². The summed E-state index contributed by atoms with van der Waals surface area (Å²) < 4.78 is 0. The fourth-order valence-electron chi connectivity index (χ4n) is 3.84. The van der Waals surface area contributed by atoms with Crippen molar-refractivity contribution in [1.29, 1.82) is 0 Å². The Labute approximate surface area is 140 Å². The van der Waals surface area contributed by atoms with Gasteiger partial charge in [0.05, 0.1) is 0 Å². The summed E-state index contributed by atoms with van der Waals surface area (Å²) in [7, 11) is 4.52. The third-order valence-corrected chi connectivity index (χ3v) is 5.07. The summed E-state index contributed by atoms with van der Waals surface area (Å²) >= 11 is 0. The fraction of sp³-hybridized carbons (Fsp3) is 0.900. The summed E-state index contributed by atoms with van der Waals surface area (Å²) in [4.78, 5) is 2.47. The molecule has 1 rings (SSSR count). The molecule has 2 unspecified atom stereocenters. The fourth-order valence-corrected chi connectivity index (χ4v) is 3.84. The number of rotatable bonds is 8. The van der Waals surface area contributed by atoms with Gasteiger partial charge in [-0.2, -0.15) is 0 Å². The van der Waals surface area contributed by atoms with E-state index in [1.807, 2.05) is 13.8 Å². The SMILES string of the molecule is C=C(CC)NCCCCC1C(C)C[C@H](C)C[C@@H]1N(C)C.CC. The van der Waals surface area contributed by atoms with Gasteiger partial charge in [0.15, 0.2) is 0 Å². The van der Waals surface area contributed by atoms with Crippen molar-refractivity contribution in [3.05, 3.63) is 12.3 Å². The lowest BCUT2D eigenvalue weighted by Crippen LogP contribution is -2.43. The molecule has 1 aliphatic rings. The number of nitrogens with one attached hydrogen (secondary N) is 1. The lowest BCUT2D eigenvalue weighted by Gasteiger charge is -2.43. The molecule has 0 heterocycles. The van der Waals surface area contributed by atoms with Crippen LogP contribution in [-0.2, 0) is 0 Å². The van der Waals surface area contributed by atoms with Gasteiger partial charge in [0.25, 0.3) is 0 Å². The first-order valence-corrected chi connectivity index (χ1v) is 9.53. The van der Waals surface area contributed by atoms with E-state index in [4.69, 9.17) is 0 Å². The van der Waals surface area contributed by atoms with Gasteiger partial charge in [-0.1, -0.05) is 47.6 Å². The van der Waals surface area contributed by atoms with Gasteiger partial charge in [-0.15, -0.1) is 0 Å². The first kappa shape index (κ1) is 21.5. The average molecular weight is 311 g/mol. The van der Waals surface area contributed by atoms with Gasteiger partial charge >= 0.3 is 0 Å². The topological polar surface area (TPSA) is 15.3 Å². The second-order valence-electron chi connectivity index (χ2n) is 7.13. The van der Waals surface area contributed by atoms with Crippen molar-refractivity contribution in [3.8, 4) is 0 Å². The number of unbranched alkanes of at least 4 members (excludes halogenated alkanes) is 1. The third-order valence-electron chi connectivity index (χ3n) is 5.07. The minimum absolute atomic E-state index is 0.785. The summed E-state index contributed by atoms with van der Waals surface area (Å²) in [6.45, 7) is 16.1. The Hall–Kier alpha value is -0.500. The lowest BCUT2D eigenvalue weighted by molar-refractivity contribution is 0.0738. The molecule has 0 amide bonds. The van der Waals surface area contributed by atoms with Gasteiger partial charge in [0.2, 0.25) is 0 Å². The molecule has 132 valence electrons. The van der Waals surface area contributed by atoms with E-state index < -0.39 is 0 Å². The van der Waals surface area contributed by atoms with Gasteiger partial charge in [-0.3, -0.25) is 0 Å². The monoisotopic (exact) mass is 310 g/mol. The predicted octanol–water partition coefficient (Wildman–Crippen LogP) is 5.31. The zero-order chi connectivity index (χ0) is 17.1. The highest BCUT2D eigenvalue weighted by atomic mass is 15.1. The smallest absolute Gasteiger partial charge is 0.0143 e. The van der Waals surface area contributed by atoms with Crippen molar-refractivity contribution >= 4 is 0 Å². The predicted molar refractivity (Wildman–Crippen MR) is 101 cm³/mol. The molecule has 1 saturated carbocycles. The van der Waals surface area contributed by atoms with E-state index in [0.29, 0.717) is 0 Å². The van der Waals surface area contributed by atoms with Crippen molar-refractivity contribution in [3.63, 3.8) is 0 Å². The molecule has 0 saturated heterocycles. The van der Waals surface area contributed by atoms with Crippen LogP contribution in [0.25, 0.3) is 0 Å². The molecule has 0 radical (unpaired) electrons. The summed E-state index contributed by atoms with van der Waals surface area (Å²) in [5.41, 5.74) is 1.18. The second kappa shape index (κ2) is 12.0. The first-order valence-electron chi connectivity index (χ1n) is 9.53. The van der Waals surface area contributed by atoms with E-state index in [1.54, 1.807) is 0 Å². The van der Waals surface area contributed by atoms with Crippen LogP contribution in [-0.4, -0.2) is 31.6 Å². The molecule has 2 nitrogen and oxygen atoms in total. The van der Waals surface area contributed by atoms with E-state index in [1.165, 1.54) is 37.8 Å². The van der Waals surface area contributed by atoms with Crippen LogP contribution >= 0.6 is 0 Å². The molecule has 0 aromatic carbocycles. The second-order valence-corrected chi connectivity index (χ2v) is 7.13. The van der Waals surface area contributed by atoms with Gasteiger partial charge < -0.3 is 10.2 Å². The van der Waals surface area contributed by atoms with Crippen LogP contribution in [0, 0.1) is 17.8 Å². The zero-order valence-electron chi connectivity index (χ0n) is 16.4.